The molecule has 0 saturated carbocycles. The summed E-state index contributed by atoms with van der Waals surface area (Å²) in [5, 5.41) is 6.40. The van der Waals surface area contributed by atoms with Crippen LogP contribution in [0.1, 0.15) is 21.7 Å². The van der Waals surface area contributed by atoms with Gasteiger partial charge >= 0.3 is 6.61 Å². The third kappa shape index (κ3) is 4.12. The van der Waals surface area contributed by atoms with E-state index in [-0.39, 0.29) is 39.9 Å². The van der Waals surface area contributed by atoms with Gasteiger partial charge in [-0.25, -0.2) is 4.39 Å². The Morgan fingerprint density at radius 2 is 2.00 bits per heavy atom. The largest absolute Gasteiger partial charge is 0.434 e. The van der Waals surface area contributed by atoms with E-state index in [1.54, 1.807) is 6.07 Å². The van der Waals surface area contributed by atoms with E-state index >= 15 is 0 Å². The fourth-order valence-corrected chi connectivity index (χ4v) is 2.91. The van der Waals surface area contributed by atoms with Crippen molar-refractivity contribution in [3.8, 4) is 17.0 Å². The van der Waals surface area contributed by atoms with Gasteiger partial charge in [0.2, 0.25) is 0 Å². The average molecular weight is 411 g/mol. The van der Waals surface area contributed by atoms with Crippen molar-refractivity contribution < 1.29 is 27.2 Å². The number of aryl methyl sites for hydroxylation is 1. The van der Waals surface area contributed by atoms with E-state index in [1.807, 2.05) is 0 Å². The van der Waals surface area contributed by atoms with E-state index in [0.29, 0.717) is 5.56 Å². The lowest BCUT2D eigenvalue weighted by molar-refractivity contribution is -0.0504. The fourth-order valence-electron chi connectivity index (χ4n) is 2.66. The number of amides is 1. The lowest BCUT2D eigenvalue weighted by Crippen LogP contribution is -2.24. The number of carbonyl (C=O) groups is 1. The molecule has 0 atom stereocenters. The predicted octanol–water partition coefficient (Wildman–Crippen LogP) is 4.97. The summed E-state index contributed by atoms with van der Waals surface area (Å²) >= 11 is 6.05. The zero-order valence-corrected chi connectivity index (χ0v) is 15.3. The van der Waals surface area contributed by atoms with Gasteiger partial charge in [0, 0.05) is 12.1 Å². The quantitative estimate of drug-likeness (QED) is 0.623. The minimum atomic E-state index is -2.99. The molecule has 0 aliphatic rings. The molecule has 0 unspecified atom stereocenters. The van der Waals surface area contributed by atoms with Crippen LogP contribution in [0.25, 0.3) is 11.3 Å². The van der Waals surface area contributed by atoms with E-state index < -0.39 is 18.3 Å². The molecule has 9 heteroatoms. The van der Waals surface area contributed by atoms with Crippen molar-refractivity contribution in [3.05, 3.63) is 70.2 Å². The average Bonchev–Trinajstić information content (AvgIpc) is 3.01. The van der Waals surface area contributed by atoms with E-state index in [0.717, 1.165) is 0 Å². The van der Waals surface area contributed by atoms with E-state index in [2.05, 4.69) is 15.2 Å². The summed E-state index contributed by atoms with van der Waals surface area (Å²) in [7, 11) is 0. The maximum Gasteiger partial charge on any atom is 0.387 e. The third-order valence-electron chi connectivity index (χ3n) is 3.92. The molecule has 1 N–H and O–H groups in total. The number of nitrogens with one attached hydrogen (secondary N) is 1. The maximum absolute atomic E-state index is 14.2. The number of halogens is 4. The van der Waals surface area contributed by atoms with Crippen LogP contribution in [-0.2, 0) is 6.54 Å². The molecule has 3 aromatic rings. The Balaban J connectivity index is 1.87. The van der Waals surface area contributed by atoms with Gasteiger partial charge in [0.15, 0.2) is 0 Å². The van der Waals surface area contributed by atoms with Gasteiger partial charge in [0.25, 0.3) is 5.91 Å². The van der Waals surface area contributed by atoms with Crippen molar-refractivity contribution in [3.63, 3.8) is 0 Å². The minimum absolute atomic E-state index is 0.000686. The molecule has 0 bridgehead atoms. The van der Waals surface area contributed by atoms with Crippen LogP contribution in [0, 0.1) is 12.7 Å². The van der Waals surface area contributed by atoms with Crippen LogP contribution < -0.4 is 10.1 Å². The van der Waals surface area contributed by atoms with E-state index in [4.69, 9.17) is 16.1 Å². The van der Waals surface area contributed by atoms with E-state index in [9.17, 15) is 18.0 Å². The highest BCUT2D eigenvalue weighted by molar-refractivity contribution is 6.33. The van der Waals surface area contributed by atoms with Crippen LogP contribution in [0.3, 0.4) is 0 Å². The normalized spacial score (nSPS) is 10.9. The third-order valence-corrected chi connectivity index (χ3v) is 4.23. The van der Waals surface area contributed by atoms with Crippen molar-refractivity contribution in [2.45, 2.75) is 20.1 Å². The smallest absolute Gasteiger partial charge is 0.387 e. The molecule has 28 heavy (non-hydrogen) atoms. The Labute approximate surface area is 163 Å². The highest BCUT2D eigenvalue weighted by atomic mass is 35.5. The summed E-state index contributed by atoms with van der Waals surface area (Å²) in [4.78, 5) is 12.7. The van der Waals surface area contributed by atoms with Gasteiger partial charge in [-0.15, -0.1) is 0 Å². The van der Waals surface area contributed by atoms with Crippen LogP contribution >= 0.6 is 11.6 Å². The number of benzene rings is 2. The first-order chi connectivity index (χ1) is 13.4. The summed E-state index contributed by atoms with van der Waals surface area (Å²) in [6, 6.07) is 10.1. The number of aromatic nitrogens is 1. The first kappa shape index (κ1) is 19.8. The monoisotopic (exact) mass is 410 g/mol. The number of nitrogens with zero attached hydrogens (tertiary/aromatic N) is 1. The van der Waals surface area contributed by atoms with Gasteiger partial charge in [-0.3, -0.25) is 4.79 Å². The van der Waals surface area contributed by atoms with Crippen LogP contribution in [0.5, 0.6) is 5.75 Å². The summed E-state index contributed by atoms with van der Waals surface area (Å²) in [5.41, 5.74) is 0.234. The predicted molar refractivity (Wildman–Crippen MR) is 95.9 cm³/mol. The lowest BCUT2D eigenvalue weighted by Gasteiger charge is -2.11. The van der Waals surface area contributed by atoms with Gasteiger partial charge in [-0.1, -0.05) is 41.0 Å². The SMILES string of the molecule is Cc1onc(-c2c(F)cccc2Cl)c1C(=O)NCc1ccccc1OC(F)F. The molecular weight excluding hydrogens is 397 g/mol. The van der Waals surface area contributed by atoms with Crippen LogP contribution in [-0.4, -0.2) is 17.7 Å². The van der Waals surface area contributed by atoms with Crippen LogP contribution in [0.2, 0.25) is 5.02 Å². The molecular formula is C19H14ClF3N2O3. The first-order valence-corrected chi connectivity index (χ1v) is 8.48. The summed E-state index contributed by atoms with van der Waals surface area (Å²) in [6.45, 7) is -1.60. The summed E-state index contributed by atoms with van der Waals surface area (Å²) < 4.78 is 48.7. The molecule has 0 radical (unpaired) electrons. The molecule has 1 heterocycles. The molecule has 0 aliphatic heterocycles. The van der Waals surface area contributed by atoms with Crippen molar-refractivity contribution in [1.29, 1.82) is 0 Å². The Kier molecular flexibility index (Phi) is 5.89. The number of rotatable bonds is 6. The summed E-state index contributed by atoms with van der Waals surface area (Å²) in [5.74, 6) is -1.19. The minimum Gasteiger partial charge on any atom is -0.434 e. The number of para-hydroxylation sites is 1. The van der Waals surface area contributed by atoms with Crippen molar-refractivity contribution in [2.75, 3.05) is 0 Å². The van der Waals surface area contributed by atoms with Gasteiger partial charge in [0.05, 0.1) is 10.6 Å². The second-order valence-corrected chi connectivity index (χ2v) is 6.14. The molecule has 146 valence electrons. The number of ether oxygens (including phenoxy) is 1. The Bertz CT molecular complexity index is 988. The zero-order valence-electron chi connectivity index (χ0n) is 14.5. The van der Waals surface area contributed by atoms with Crippen molar-refractivity contribution >= 4 is 17.5 Å². The molecule has 3 rings (SSSR count). The molecule has 0 saturated heterocycles. The van der Waals surface area contributed by atoms with Gasteiger partial charge < -0.3 is 14.6 Å². The van der Waals surface area contributed by atoms with E-state index in [1.165, 1.54) is 43.3 Å². The Morgan fingerprint density at radius 1 is 1.25 bits per heavy atom. The number of carbonyl (C=O) groups excluding carboxylic acids is 1. The molecule has 5 nitrogen and oxygen atoms in total. The zero-order chi connectivity index (χ0) is 20.3. The molecule has 0 fully saturated rings. The maximum atomic E-state index is 14.2. The van der Waals surface area contributed by atoms with Gasteiger partial charge in [0.1, 0.15) is 28.6 Å². The van der Waals surface area contributed by atoms with Gasteiger partial charge in [-0.05, 0) is 25.1 Å². The van der Waals surface area contributed by atoms with Crippen LogP contribution in [0.4, 0.5) is 13.2 Å². The highest BCUT2D eigenvalue weighted by Gasteiger charge is 2.25. The topological polar surface area (TPSA) is 64.4 Å². The van der Waals surface area contributed by atoms with Crippen molar-refractivity contribution in [2.24, 2.45) is 0 Å². The van der Waals surface area contributed by atoms with Gasteiger partial charge in [-0.2, -0.15) is 8.78 Å². The Morgan fingerprint density at radius 3 is 2.71 bits per heavy atom. The Hall–Kier alpha value is -3.00. The molecule has 1 aromatic heterocycles. The summed E-state index contributed by atoms with van der Waals surface area (Å²) in [6.07, 6.45) is 0. The fraction of sp³-hybridized carbons (Fsp3) is 0.158. The number of hydrogen-bond donors (Lipinski definition) is 1. The second-order valence-electron chi connectivity index (χ2n) is 5.73. The molecule has 0 spiro atoms. The second kappa shape index (κ2) is 8.35. The first-order valence-electron chi connectivity index (χ1n) is 8.10. The molecule has 0 aliphatic carbocycles. The highest BCUT2D eigenvalue weighted by Crippen LogP contribution is 2.33. The number of alkyl halides is 2. The number of hydrogen-bond acceptors (Lipinski definition) is 4. The molecule has 1 amide bonds. The van der Waals surface area contributed by atoms with Crippen LogP contribution in [0.15, 0.2) is 47.0 Å². The van der Waals surface area contributed by atoms with Crippen molar-refractivity contribution in [1.82, 2.24) is 10.5 Å². The molecule has 2 aromatic carbocycles. The lowest BCUT2D eigenvalue weighted by atomic mass is 10.0. The standard InChI is InChI=1S/C19H14ClF3N2O3/c1-10-15(17(25-28-10)16-12(20)6-4-7-13(16)21)18(26)24-9-11-5-2-3-8-14(11)27-19(22)23/h2-8,19H,9H2,1H3,(H,24,26).